The van der Waals surface area contributed by atoms with Crippen molar-refractivity contribution in [3.63, 3.8) is 0 Å². The third kappa shape index (κ3) is 13.8. The number of ether oxygens (including phenoxy) is 2. The Balaban J connectivity index is 2.49. The van der Waals surface area contributed by atoms with Gasteiger partial charge < -0.3 is 14.6 Å². The van der Waals surface area contributed by atoms with Crippen LogP contribution in [0.25, 0.3) is 0 Å². The zero-order valence-corrected chi connectivity index (χ0v) is 24.7. The summed E-state index contributed by atoms with van der Waals surface area (Å²) in [5, 5.41) is 10.5. The number of aryl methyl sites for hydroxylation is 1. The maximum absolute atomic E-state index is 12.3. The highest BCUT2D eigenvalue weighted by Crippen LogP contribution is 2.29. The molecule has 2 atom stereocenters. The summed E-state index contributed by atoms with van der Waals surface area (Å²) in [6.07, 6.45) is 10.4. The van der Waals surface area contributed by atoms with Crippen LogP contribution in [0.2, 0.25) is 0 Å². The highest BCUT2D eigenvalue weighted by molar-refractivity contribution is 7.99. The lowest BCUT2D eigenvalue weighted by molar-refractivity contribution is -0.147. The van der Waals surface area contributed by atoms with E-state index in [1.165, 1.54) is 29.9 Å². The number of esters is 2. The summed E-state index contributed by atoms with van der Waals surface area (Å²) in [4.78, 5) is 24.5. The molecule has 36 heavy (non-hydrogen) atoms. The summed E-state index contributed by atoms with van der Waals surface area (Å²) < 4.78 is 11.3. The van der Waals surface area contributed by atoms with Crippen molar-refractivity contribution in [2.24, 2.45) is 0 Å². The van der Waals surface area contributed by atoms with Gasteiger partial charge in [-0.2, -0.15) is 0 Å². The average molecular weight is 541 g/mol. The summed E-state index contributed by atoms with van der Waals surface area (Å²) >= 11 is 2.98. The number of unbranched alkanes of at least 4 members (excludes halogenated alkanes) is 4. The number of carbonyl (C=O) groups is 2. The molecule has 0 aliphatic carbocycles. The van der Waals surface area contributed by atoms with E-state index in [0.29, 0.717) is 17.3 Å². The first-order chi connectivity index (χ1) is 17.3. The van der Waals surface area contributed by atoms with Crippen molar-refractivity contribution < 1.29 is 24.2 Å². The van der Waals surface area contributed by atoms with E-state index in [2.05, 4.69) is 27.7 Å². The topological polar surface area (TPSA) is 72.8 Å². The maximum Gasteiger partial charge on any atom is 0.316 e. The van der Waals surface area contributed by atoms with Gasteiger partial charge in [-0.25, -0.2) is 0 Å². The molecule has 0 bridgehead atoms. The van der Waals surface area contributed by atoms with Gasteiger partial charge in [0.15, 0.2) is 0 Å². The van der Waals surface area contributed by atoms with Gasteiger partial charge in [-0.3, -0.25) is 9.59 Å². The molecule has 0 saturated carbocycles. The lowest BCUT2D eigenvalue weighted by Gasteiger charge is -2.16. The molecular formula is C29H48O5S2. The van der Waals surface area contributed by atoms with Gasteiger partial charge in [-0.15, -0.1) is 23.5 Å². The van der Waals surface area contributed by atoms with E-state index in [4.69, 9.17) is 9.47 Å². The number of phenols is 1. The van der Waals surface area contributed by atoms with Crippen LogP contribution in [0.4, 0.5) is 0 Å². The Bertz CT molecular complexity index is 768. The SMILES string of the molecule is CCCCCC(CC)OC(=O)CSCc1cc(C)c(O)c(CSCC(=O)OC(CC)CCCCC)c1. The van der Waals surface area contributed by atoms with Crippen LogP contribution < -0.4 is 0 Å². The van der Waals surface area contributed by atoms with E-state index in [9.17, 15) is 14.7 Å². The zero-order chi connectivity index (χ0) is 26.8. The molecule has 0 spiro atoms. The minimum Gasteiger partial charge on any atom is -0.507 e. The van der Waals surface area contributed by atoms with E-state index in [-0.39, 0.29) is 35.6 Å². The van der Waals surface area contributed by atoms with Crippen molar-refractivity contribution in [1.29, 1.82) is 0 Å². The Morgan fingerprint density at radius 2 is 1.31 bits per heavy atom. The molecule has 0 aliphatic rings. The van der Waals surface area contributed by atoms with Gasteiger partial charge in [0.25, 0.3) is 0 Å². The molecule has 5 nitrogen and oxygen atoms in total. The normalized spacial score (nSPS) is 12.8. The number of thioether (sulfide) groups is 2. The minimum atomic E-state index is -0.190. The van der Waals surface area contributed by atoms with Crippen molar-refractivity contribution >= 4 is 35.5 Å². The fraction of sp³-hybridized carbons (Fsp3) is 0.724. The third-order valence-electron chi connectivity index (χ3n) is 6.17. The zero-order valence-electron chi connectivity index (χ0n) is 23.1. The Hall–Kier alpha value is -1.34. The predicted octanol–water partition coefficient (Wildman–Crippen LogP) is 7.97. The largest absolute Gasteiger partial charge is 0.507 e. The molecule has 2 unspecified atom stereocenters. The summed E-state index contributed by atoms with van der Waals surface area (Å²) in [6.45, 7) is 10.3. The monoisotopic (exact) mass is 540 g/mol. The predicted molar refractivity (Wildman–Crippen MR) is 154 cm³/mol. The summed E-state index contributed by atoms with van der Waals surface area (Å²) in [6, 6.07) is 3.93. The van der Waals surface area contributed by atoms with Gasteiger partial charge in [0.05, 0.1) is 11.5 Å². The van der Waals surface area contributed by atoms with Gasteiger partial charge in [0.1, 0.15) is 18.0 Å². The van der Waals surface area contributed by atoms with Crippen molar-refractivity contribution in [3.8, 4) is 5.75 Å². The number of rotatable bonds is 20. The van der Waals surface area contributed by atoms with Gasteiger partial charge in [0.2, 0.25) is 0 Å². The Kier molecular flexibility index (Phi) is 17.9. The molecule has 1 aromatic carbocycles. The van der Waals surface area contributed by atoms with Gasteiger partial charge in [0, 0.05) is 17.1 Å². The van der Waals surface area contributed by atoms with E-state index in [0.717, 1.165) is 74.5 Å². The van der Waals surface area contributed by atoms with Crippen LogP contribution in [0.15, 0.2) is 12.1 Å². The molecule has 206 valence electrons. The smallest absolute Gasteiger partial charge is 0.316 e. The Morgan fingerprint density at radius 3 is 1.78 bits per heavy atom. The number of carbonyl (C=O) groups excluding carboxylic acids is 2. The van der Waals surface area contributed by atoms with E-state index < -0.39 is 0 Å². The first kappa shape index (κ1) is 32.7. The molecule has 0 amide bonds. The molecular weight excluding hydrogens is 492 g/mol. The number of hydrogen-bond acceptors (Lipinski definition) is 7. The second-order valence-corrected chi connectivity index (χ2v) is 11.4. The highest BCUT2D eigenvalue weighted by atomic mass is 32.2. The van der Waals surface area contributed by atoms with Crippen LogP contribution in [0.1, 0.15) is 109 Å². The molecule has 7 heteroatoms. The van der Waals surface area contributed by atoms with Crippen LogP contribution in [-0.2, 0) is 30.6 Å². The van der Waals surface area contributed by atoms with Crippen LogP contribution in [0, 0.1) is 6.92 Å². The van der Waals surface area contributed by atoms with Gasteiger partial charge in [-0.1, -0.05) is 65.5 Å². The molecule has 0 radical (unpaired) electrons. The molecule has 0 heterocycles. The van der Waals surface area contributed by atoms with Crippen molar-refractivity contribution in [2.75, 3.05) is 11.5 Å². The summed E-state index contributed by atoms with van der Waals surface area (Å²) in [7, 11) is 0. The van der Waals surface area contributed by atoms with Crippen molar-refractivity contribution in [2.45, 2.75) is 123 Å². The van der Waals surface area contributed by atoms with Crippen molar-refractivity contribution in [1.82, 2.24) is 0 Å². The lowest BCUT2D eigenvalue weighted by Crippen LogP contribution is -2.19. The number of aromatic hydroxyl groups is 1. The van der Waals surface area contributed by atoms with Crippen LogP contribution in [0.3, 0.4) is 0 Å². The summed E-state index contributed by atoms with van der Waals surface area (Å²) in [5.41, 5.74) is 2.67. The first-order valence-electron chi connectivity index (χ1n) is 13.7. The highest BCUT2D eigenvalue weighted by Gasteiger charge is 2.15. The molecule has 0 aromatic heterocycles. The van der Waals surface area contributed by atoms with E-state index in [1.54, 1.807) is 0 Å². The standard InChI is InChI=1S/C29H48O5S2/c1-6-10-12-14-25(8-3)33-27(30)20-35-18-23-16-22(5)29(32)24(17-23)19-36-21-28(31)34-26(9-4)15-13-11-7-2/h16-17,25-26,32H,6-15,18-21H2,1-5H3. The Morgan fingerprint density at radius 1 is 0.806 bits per heavy atom. The number of benzene rings is 1. The van der Waals surface area contributed by atoms with E-state index in [1.807, 2.05) is 19.1 Å². The second kappa shape index (κ2) is 19.7. The van der Waals surface area contributed by atoms with Crippen LogP contribution >= 0.6 is 23.5 Å². The average Bonchev–Trinajstić information content (AvgIpc) is 2.85. The minimum absolute atomic E-state index is 0.00344. The lowest BCUT2D eigenvalue weighted by atomic mass is 10.1. The molecule has 1 aromatic rings. The van der Waals surface area contributed by atoms with Crippen LogP contribution in [-0.4, -0.2) is 40.8 Å². The quantitative estimate of drug-likeness (QED) is 0.133. The summed E-state index contributed by atoms with van der Waals surface area (Å²) in [5.74, 6) is 1.70. The first-order valence-corrected chi connectivity index (χ1v) is 16.0. The molecule has 1 rings (SSSR count). The van der Waals surface area contributed by atoms with Crippen LogP contribution in [0.5, 0.6) is 5.75 Å². The second-order valence-electron chi connectivity index (χ2n) is 9.44. The fourth-order valence-corrected chi connectivity index (χ4v) is 5.52. The molecule has 0 saturated heterocycles. The van der Waals surface area contributed by atoms with Gasteiger partial charge in [-0.05, 0) is 56.6 Å². The molecule has 0 fully saturated rings. The molecule has 1 N–H and O–H groups in total. The fourth-order valence-electron chi connectivity index (χ4n) is 4.00. The number of phenolic OH excluding ortho intramolecular Hbond substituents is 1. The van der Waals surface area contributed by atoms with Gasteiger partial charge >= 0.3 is 11.9 Å². The van der Waals surface area contributed by atoms with E-state index >= 15 is 0 Å². The maximum atomic E-state index is 12.3. The Labute approximate surface area is 227 Å². The van der Waals surface area contributed by atoms with Crippen molar-refractivity contribution in [3.05, 3.63) is 28.8 Å². The number of hydrogen-bond donors (Lipinski definition) is 1. The molecule has 0 aliphatic heterocycles. The third-order valence-corrected chi connectivity index (χ3v) is 8.10.